The van der Waals surface area contributed by atoms with Crippen molar-refractivity contribution in [3.05, 3.63) is 23.8 Å². The van der Waals surface area contributed by atoms with E-state index in [0.29, 0.717) is 9.86 Å². The Balaban J connectivity index is 2.14. The van der Waals surface area contributed by atoms with Crippen LogP contribution in [0.2, 0.25) is 0 Å². The molecule has 0 saturated carbocycles. The molecule has 0 fully saturated rings. The van der Waals surface area contributed by atoms with Crippen molar-refractivity contribution in [2.75, 3.05) is 13.2 Å². The molecular formula is C13H11NO8S2. The molecule has 0 atom stereocenters. The Morgan fingerprint density at radius 2 is 1.75 bits per heavy atom. The maximum absolute atomic E-state index is 11.0. The van der Waals surface area contributed by atoms with Crippen LogP contribution >= 0.6 is 23.1 Å². The van der Waals surface area contributed by atoms with Crippen LogP contribution in [-0.4, -0.2) is 57.0 Å². The molecule has 0 aliphatic heterocycles. The number of ether oxygens (including phenoxy) is 2. The second-order valence-electron chi connectivity index (χ2n) is 4.36. The number of thiazole rings is 1. The molecule has 0 aliphatic rings. The molecule has 1 heterocycles. The first-order chi connectivity index (χ1) is 11.3. The van der Waals surface area contributed by atoms with Gasteiger partial charge in [0.2, 0.25) is 0 Å². The first-order valence-corrected chi connectivity index (χ1v) is 8.06. The number of aromatic nitrogens is 1. The predicted molar refractivity (Wildman–Crippen MR) is 84.2 cm³/mol. The first-order valence-electron chi connectivity index (χ1n) is 6.37. The van der Waals surface area contributed by atoms with E-state index < -0.39 is 23.5 Å². The highest BCUT2D eigenvalue weighted by Crippen LogP contribution is 2.32. The number of carboxylic acids is 1. The molecule has 0 bridgehead atoms. The number of aromatic carboxylic acids is 1. The summed E-state index contributed by atoms with van der Waals surface area (Å²) >= 11 is 2.36. The maximum atomic E-state index is 11.0. The van der Waals surface area contributed by atoms with Gasteiger partial charge < -0.3 is 24.8 Å². The van der Waals surface area contributed by atoms with Crippen molar-refractivity contribution >= 4 is 51.6 Å². The van der Waals surface area contributed by atoms with Crippen molar-refractivity contribution in [3.63, 3.8) is 0 Å². The van der Waals surface area contributed by atoms with Crippen LogP contribution in [0, 0.1) is 0 Å². The molecule has 0 saturated heterocycles. The van der Waals surface area contributed by atoms with Crippen molar-refractivity contribution in [1.29, 1.82) is 0 Å². The fraction of sp³-hybridized carbons (Fsp3) is 0.231. The molecule has 0 spiro atoms. The van der Waals surface area contributed by atoms with Gasteiger partial charge in [0.25, 0.3) is 0 Å². The molecule has 24 heavy (non-hydrogen) atoms. The largest absolute Gasteiger partial charge is 0.505 e. The van der Waals surface area contributed by atoms with Crippen molar-refractivity contribution < 1.29 is 39.2 Å². The molecule has 3 N–H and O–H groups in total. The second kappa shape index (κ2) is 7.84. The van der Waals surface area contributed by atoms with Crippen LogP contribution < -0.4 is 0 Å². The van der Waals surface area contributed by atoms with E-state index in [1.807, 2.05) is 0 Å². The monoisotopic (exact) mass is 373 g/mol. The Morgan fingerprint density at radius 1 is 1.12 bits per heavy atom. The summed E-state index contributed by atoms with van der Waals surface area (Å²) < 4.78 is 10.2. The number of hydrogen-bond acceptors (Lipinski definition) is 8. The smallest absolute Gasteiger partial charge is 0.478 e. The van der Waals surface area contributed by atoms with Crippen LogP contribution in [-0.2, 0) is 9.47 Å². The maximum Gasteiger partial charge on any atom is 0.505 e. The molecule has 11 heteroatoms. The summed E-state index contributed by atoms with van der Waals surface area (Å²) in [5.41, 5.74) is 0.587. The quantitative estimate of drug-likeness (QED) is 0.489. The van der Waals surface area contributed by atoms with E-state index in [0.717, 1.165) is 16.5 Å². The number of benzene rings is 1. The number of thioether (sulfide) groups is 1. The highest BCUT2D eigenvalue weighted by atomic mass is 32.2. The Kier molecular flexibility index (Phi) is 5.82. The van der Waals surface area contributed by atoms with Crippen molar-refractivity contribution in [1.82, 2.24) is 4.98 Å². The molecule has 2 rings (SSSR count). The van der Waals surface area contributed by atoms with Crippen molar-refractivity contribution in [2.45, 2.75) is 9.59 Å². The Hall–Kier alpha value is -2.53. The van der Waals surface area contributed by atoms with E-state index in [-0.39, 0.29) is 18.8 Å². The van der Waals surface area contributed by atoms with Crippen LogP contribution in [0.4, 0.5) is 9.59 Å². The predicted octanol–water partition coefficient (Wildman–Crippen LogP) is 2.84. The second-order valence-corrected chi connectivity index (χ2v) is 6.94. The molecule has 9 nitrogen and oxygen atoms in total. The number of carboxylic acid groups (broad SMARTS) is 3. The molecule has 128 valence electrons. The lowest BCUT2D eigenvalue weighted by Crippen LogP contribution is -2.22. The third-order valence-corrected chi connectivity index (χ3v) is 4.94. The Labute approximate surface area is 142 Å². The van der Waals surface area contributed by atoms with Gasteiger partial charge in [0.05, 0.1) is 21.0 Å². The summed E-state index contributed by atoms with van der Waals surface area (Å²) in [4.78, 5) is 36.2. The zero-order valence-electron chi connectivity index (χ0n) is 11.9. The van der Waals surface area contributed by atoms with E-state index in [2.05, 4.69) is 14.5 Å². The molecule has 1 aromatic carbocycles. The van der Waals surface area contributed by atoms with Gasteiger partial charge in [0.15, 0.2) is 4.34 Å². The number of rotatable bonds is 7. The topological polar surface area (TPSA) is 143 Å². The Morgan fingerprint density at radius 3 is 2.29 bits per heavy atom. The summed E-state index contributed by atoms with van der Waals surface area (Å²) in [5.74, 6) is -1.07. The normalized spacial score (nSPS) is 10.7. The summed E-state index contributed by atoms with van der Waals surface area (Å²) in [6.07, 6.45) is -2.96. The summed E-state index contributed by atoms with van der Waals surface area (Å²) in [7, 11) is 0. The first kappa shape index (κ1) is 17.8. The molecule has 0 unspecified atom stereocenters. The number of hydrogen-bond donors (Lipinski definition) is 3. The average molecular weight is 373 g/mol. The van der Waals surface area contributed by atoms with Crippen LogP contribution in [0.5, 0.6) is 0 Å². The lowest BCUT2D eigenvalue weighted by atomic mass is 10.2. The van der Waals surface area contributed by atoms with Gasteiger partial charge in [-0.1, -0.05) is 11.8 Å². The van der Waals surface area contributed by atoms with E-state index in [1.54, 1.807) is 6.07 Å². The minimum Gasteiger partial charge on any atom is -0.478 e. The minimum atomic E-state index is -1.48. The van der Waals surface area contributed by atoms with Gasteiger partial charge in [0.1, 0.15) is 13.2 Å². The van der Waals surface area contributed by atoms with Crippen LogP contribution in [0.15, 0.2) is 22.5 Å². The molecular weight excluding hydrogens is 362 g/mol. The minimum absolute atomic E-state index is 0.101. The van der Waals surface area contributed by atoms with Gasteiger partial charge in [-0.2, -0.15) is 0 Å². The van der Waals surface area contributed by atoms with E-state index >= 15 is 0 Å². The molecule has 0 aliphatic carbocycles. The number of fused-ring (bicyclic) bond motifs is 1. The molecule has 1 aromatic heterocycles. The van der Waals surface area contributed by atoms with Gasteiger partial charge in [-0.25, -0.2) is 19.4 Å². The molecule has 0 radical (unpaired) electrons. The van der Waals surface area contributed by atoms with Gasteiger partial charge in [-0.15, -0.1) is 11.3 Å². The third kappa shape index (κ3) is 4.99. The van der Waals surface area contributed by atoms with Gasteiger partial charge in [-0.3, -0.25) is 0 Å². The lowest BCUT2D eigenvalue weighted by Gasteiger charge is -2.13. The molecule has 0 amide bonds. The SMILES string of the molecule is O=C(O)OCC(COC(=O)O)Sc1nc2cc(C(=O)O)ccc2s1. The third-order valence-electron chi connectivity index (χ3n) is 2.67. The van der Waals surface area contributed by atoms with E-state index in [1.165, 1.54) is 23.5 Å². The summed E-state index contributed by atoms with van der Waals surface area (Å²) in [6.45, 7) is -0.548. The highest BCUT2D eigenvalue weighted by molar-refractivity contribution is 8.01. The fourth-order valence-corrected chi connectivity index (χ4v) is 3.93. The number of carbonyl (C=O) groups is 3. The van der Waals surface area contributed by atoms with Gasteiger partial charge >= 0.3 is 18.3 Å². The van der Waals surface area contributed by atoms with Crippen molar-refractivity contribution in [3.8, 4) is 0 Å². The van der Waals surface area contributed by atoms with Crippen LogP contribution in [0.25, 0.3) is 10.2 Å². The van der Waals surface area contributed by atoms with Crippen LogP contribution in [0.1, 0.15) is 10.4 Å². The molecule has 2 aromatic rings. The Bertz CT molecular complexity index is 756. The average Bonchev–Trinajstić information content (AvgIpc) is 2.90. The van der Waals surface area contributed by atoms with E-state index in [4.69, 9.17) is 15.3 Å². The summed E-state index contributed by atoms with van der Waals surface area (Å²) in [5, 5.41) is 25.4. The highest BCUT2D eigenvalue weighted by Gasteiger charge is 2.18. The lowest BCUT2D eigenvalue weighted by molar-refractivity contribution is 0.0688. The zero-order chi connectivity index (χ0) is 17.7. The van der Waals surface area contributed by atoms with Crippen LogP contribution in [0.3, 0.4) is 0 Å². The fourth-order valence-electron chi connectivity index (χ4n) is 1.68. The van der Waals surface area contributed by atoms with E-state index in [9.17, 15) is 14.4 Å². The zero-order valence-corrected chi connectivity index (χ0v) is 13.5. The van der Waals surface area contributed by atoms with Crippen molar-refractivity contribution in [2.24, 2.45) is 0 Å². The van der Waals surface area contributed by atoms with Gasteiger partial charge in [0, 0.05) is 0 Å². The van der Waals surface area contributed by atoms with Gasteiger partial charge in [-0.05, 0) is 18.2 Å². The number of nitrogens with zero attached hydrogens (tertiary/aromatic N) is 1. The standard InChI is InChI=1S/C13H11NO8S2/c15-10(16)6-1-2-9-8(3-6)14-11(24-9)23-7(4-21-12(17)18)5-22-13(19)20/h1-3,7H,4-5H2,(H,15,16)(H,17,18)(H,19,20). The summed E-state index contributed by atoms with van der Waals surface area (Å²) in [6, 6.07) is 4.50.